The fourth-order valence-corrected chi connectivity index (χ4v) is 3.14. The third-order valence-electron chi connectivity index (χ3n) is 4.42. The molecule has 8 nitrogen and oxygen atoms in total. The number of amides is 1. The van der Waals surface area contributed by atoms with Crippen molar-refractivity contribution in [2.45, 2.75) is 13.1 Å². The van der Waals surface area contributed by atoms with Crippen LogP contribution in [-0.4, -0.2) is 58.2 Å². The van der Waals surface area contributed by atoms with E-state index in [0.717, 1.165) is 53.4 Å². The van der Waals surface area contributed by atoms with Crippen molar-refractivity contribution < 1.29 is 4.79 Å². The smallest absolute Gasteiger partial charge is 0.251 e. The van der Waals surface area contributed by atoms with Crippen molar-refractivity contribution in [1.82, 2.24) is 35.7 Å². The number of hydrogen-bond donors (Lipinski definition) is 4. The van der Waals surface area contributed by atoms with Crippen molar-refractivity contribution in [2.75, 3.05) is 27.2 Å². The van der Waals surface area contributed by atoms with Crippen LogP contribution in [0, 0.1) is 0 Å². The topological polar surface area (TPSA) is 102 Å². The van der Waals surface area contributed by atoms with Gasteiger partial charge >= 0.3 is 0 Å². The highest BCUT2D eigenvalue weighted by Crippen LogP contribution is 2.28. The van der Waals surface area contributed by atoms with Crippen LogP contribution in [0.15, 0.2) is 18.2 Å². The third kappa shape index (κ3) is 2.90. The molecule has 4 rings (SSSR count). The molecular weight excluding hydrogens is 318 g/mol. The summed E-state index contributed by atoms with van der Waals surface area (Å²) in [5.74, 6) is 0.657. The number of imidazole rings is 1. The van der Waals surface area contributed by atoms with E-state index in [2.05, 4.69) is 42.7 Å². The highest BCUT2D eigenvalue weighted by Gasteiger charge is 2.22. The molecule has 0 bridgehead atoms. The maximum absolute atomic E-state index is 12.3. The summed E-state index contributed by atoms with van der Waals surface area (Å²) in [5.41, 5.74) is 4.45. The number of aromatic amines is 2. The number of rotatable bonds is 5. The second-order valence-electron chi connectivity index (χ2n) is 6.37. The molecule has 0 aliphatic carbocycles. The van der Waals surface area contributed by atoms with E-state index >= 15 is 0 Å². The molecule has 1 aliphatic heterocycles. The molecule has 0 unspecified atom stereocenters. The molecule has 8 heteroatoms. The van der Waals surface area contributed by atoms with E-state index in [1.54, 1.807) is 6.07 Å². The van der Waals surface area contributed by atoms with Gasteiger partial charge in [-0.25, -0.2) is 4.98 Å². The highest BCUT2D eigenvalue weighted by atomic mass is 16.1. The molecule has 0 fully saturated rings. The Kier molecular flexibility index (Phi) is 3.98. The molecule has 0 spiro atoms. The highest BCUT2D eigenvalue weighted by molar-refractivity contribution is 6.00. The Hall–Kier alpha value is -2.71. The Bertz CT molecular complexity index is 903. The zero-order valence-electron chi connectivity index (χ0n) is 14.3. The second-order valence-corrected chi connectivity index (χ2v) is 6.37. The summed E-state index contributed by atoms with van der Waals surface area (Å²) in [6.07, 6.45) is 0. The van der Waals surface area contributed by atoms with Gasteiger partial charge in [-0.3, -0.25) is 14.8 Å². The molecule has 25 heavy (non-hydrogen) atoms. The fourth-order valence-electron chi connectivity index (χ4n) is 3.14. The first-order chi connectivity index (χ1) is 12.2. The minimum absolute atomic E-state index is 0.0899. The molecule has 130 valence electrons. The Morgan fingerprint density at radius 3 is 3.00 bits per heavy atom. The number of benzene rings is 1. The lowest BCUT2D eigenvalue weighted by Crippen LogP contribution is -2.30. The number of nitrogens with one attached hydrogen (secondary N) is 4. The number of nitrogens with zero attached hydrogens (tertiary/aromatic N) is 3. The molecule has 1 aromatic carbocycles. The molecule has 3 heterocycles. The van der Waals surface area contributed by atoms with Crippen molar-refractivity contribution in [3.05, 3.63) is 35.2 Å². The van der Waals surface area contributed by atoms with Crippen LogP contribution in [0.2, 0.25) is 0 Å². The summed E-state index contributed by atoms with van der Waals surface area (Å²) < 4.78 is 0. The number of carbonyl (C=O) groups is 1. The molecule has 0 radical (unpaired) electrons. The summed E-state index contributed by atoms with van der Waals surface area (Å²) in [5, 5.41) is 14.2. The summed E-state index contributed by atoms with van der Waals surface area (Å²) in [4.78, 5) is 22.5. The van der Waals surface area contributed by atoms with Crippen LogP contribution in [0.25, 0.3) is 22.4 Å². The Labute approximate surface area is 145 Å². The third-order valence-corrected chi connectivity index (χ3v) is 4.42. The van der Waals surface area contributed by atoms with Crippen LogP contribution in [0.3, 0.4) is 0 Å². The summed E-state index contributed by atoms with van der Waals surface area (Å²) in [7, 11) is 3.92. The van der Waals surface area contributed by atoms with Gasteiger partial charge in [0.25, 0.3) is 5.91 Å². The quantitative estimate of drug-likeness (QED) is 0.516. The summed E-state index contributed by atoms with van der Waals surface area (Å²) in [6.45, 7) is 3.03. The van der Waals surface area contributed by atoms with Crippen LogP contribution in [-0.2, 0) is 13.1 Å². The van der Waals surface area contributed by atoms with Crippen molar-refractivity contribution in [3.8, 4) is 11.5 Å². The maximum atomic E-state index is 12.3. The van der Waals surface area contributed by atoms with E-state index in [-0.39, 0.29) is 5.91 Å². The van der Waals surface area contributed by atoms with Crippen LogP contribution in [0.5, 0.6) is 0 Å². The molecule has 2 aromatic heterocycles. The first-order valence-corrected chi connectivity index (χ1v) is 8.33. The number of carbonyl (C=O) groups excluding carboxylic acids is 1. The van der Waals surface area contributed by atoms with Gasteiger partial charge in [0.15, 0.2) is 5.82 Å². The van der Waals surface area contributed by atoms with Gasteiger partial charge in [0, 0.05) is 37.1 Å². The van der Waals surface area contributed by atoms with Crippen LogP contribution in [0.4, 0.5) is 0 Å². The summed E-state index contributed by atoms with van der Waals surface area (Å²) >= 11 is 0. The Morgan fingerprint density at radius 2 is 2.20 bits per heavy atom. The monoisotopic (exact) mass is 339 g/mol. The van der Waals surface area contributed by atoms with Crippen molar-refractivity contribution in [2.24, 2.45) is 0 Å². The average Bonchev–Trinajstić information content (AvgIpc) is 3.26. The van der Waals surface area contributed by atoms with E-state index in [4.69, 9.17) is 0 Å². The standard InChI is InChI=1S/C17H21N7O/c1-18-5-6-19-17(25)10-3-4-12-11(7-10)15(23-22-12)16-20-13-8-24(2)9-14(13)21-16/h3-4,7,18H,5-6,8-9H2,1-2H3,(H,19,25)(H,20,21)(H,22,23). The number of likely N-dealkylation sites (N-methyl/N-ethyl adjacent to an activating group) is 1. The van der Waals surface area contributed by atoms with Crippen molar-refractivity contribution in [1.29, 1.82) is 0 Å². The molecule has 1 aliphatic rings. The van der Waals surface area contributed by atoms with Gasteiger partial charge in [-0.15, -0.1) is 0 Å². The largest absolute Gasteiger partial charge is 0.351 e. The van der Waals surface area contributed by atoms with Crippen LogP contribution < -0.4 is 10.6 Å². The van der Waals surface area contributed by atoms with Gasteiger partial charge in [-0.1, -0.05) is 0 Å². The van der Waals surface area contributed by atoms with E-state index < -0.39 is 0 Å². The number of H-pyrrole nitrogens is 2. The van der Waals surface area contributed by atoms with Gasteiger partial charge in [0.1, 0.15) is 5.69 Å². The predicted molar refractivity (Wildman–Crippen MR) is 95.1 cm³/mol. The van der Waals surface area contributed by atoms with E-state index in [9.17, 15) is 4.79 Å². The van der Waals surface area contributed by atoms with E-state index in [1.165, 1.54) is 0 Å². The lowest BCUT2D eigenvalue weighted by molar-refractivity contribution is 0.0954. The van der Waals surface area contributed by atoms with Crippen molar-refractivity contribution >= 4 is 16.8 Å². The molecule has 4 N–H and O–H groups in total. The minimum Gasteiger partial charge on any atom is -0.351 e. The maximum Gasteiger partial charge on any atom is 0.251 e. The van der Waals surface area contributed by atoms with Gasteiger partial charge in [-0.05, 0) is 32.3 Å². The molecule has 0 saturated carbocycles. The zero-order chi connectivity index (χ0) is 17.4. The van der Waals surface area contributed by atoms with Crippen LogP contribution in [0.1, 0.15) is 21.7 Å². The molecule has 0 saturated heterocycles. The SMILES string of the molecule is CNCCNC(=O)c1ccc2[nH]nc(-c3nc4c([nH]3)CN(C)C4)c2c1. The van der Waals surface area contributed by atoms with Crippen LogP contribution >= 0.6 is 0 Å². The molecule has 3 aromatic rings. The molecule has 1 amide bonds. The number of hydrogen-bond acceptors (Lipinski definition) is 5. The van der Waals surface area contributed by atoms with Crippen molar-refractivity contribution in [3.63, 3.8) is 0 Å². The van der Waals surface area contributed by atoms with E-state index in [0.29, 0.717) is 12.1 Å². The van der Waals surface area contributed by atoms with Gasteiger partial charge in [-0.2, -0.15) is 5.10 Å². The predicted octanol–water partition coefficient (Wildman–Crippen LogP) is 0.848. The first kappa shape index (κ1) is 15.8. The Morgan fingerprint density at radius 1 is 1.32 bits per heavy atom. The second kappa shape index (κ2) is 6.30. The van der Waals surface area contributed by atoms with Gasteiger partial charge in [0.2, 0.25) is 0 Å². The van der Waals surface area contributed by atoms with E-state index in [1.807, 2.05) is 19.2 Å². The van der Waals surface area contributed by atoms with Gasteiger partial charge < -0.3 is 15.6 Å². The molecule has 0 atom stereocenters. The first-order valence-electron chi connectivity index (χ1n) is 8.33. The Balaban J connectivity index is 1.65. The fraction of sp³-hybridized carbons (Fsp3) is 0.353. The minimum atomic E-state index is -0.0899. The number of fused-ring (bicyclic) bond motifs is 2. The normalized spacial score (nSPS) is 14.2. The lowest BCUT2D eigenvalue weighted by Gasteiger charge is -2.05. The zero-order valence-corrected chi connectivity index (χ0v) is 14.3. The average molecular weight is 339 g/mol. The molecular formula is C17H21N7O. The van der Waals surface area contributed by atoms with Gasteiger partial charge in [0.05, 0.1) is 16.9 Å². The lowest BCUT2D eigenvalue weighted by atomic mass is 10.1. The summed E-state index contributed by atoms with van der Waals surface area (Å²) in [6, 6.07) is 5.54. The number of aromatic nitrogens is 4.